The molecule has 0 radical (unpaired) electrons. The molecule has 6 heteroatoms. The minimum Gasteiger partial charge on any atom is -0.489 e. The van der Waals surface area contributed by atoms with Gasteiger partial charge in [-0.15, -0.1) is 24.0 Å². The van der Waals surface area contributed by atoms with Gasteiger partial charge in [0.15, 0.2) is 5.96 Å². The van der Waals surface area contributed by atoms with E-state index in [9.17, 15) is 0 Å². The maximum atomic E-state index is 6.02. The van der Waals surface area contributed by atoms with Crippen LogP contribution in [0, 0.1) is 0 Å². The number of rotatable bonds is 7. The Morgan fingerprint density at radius 3 is 2.52 bits per heavy atom. The number of aliphatic imine (C=N–C) groups is 1. The second-order valence-electron chi connectivity index (χ2n) is 5.86. The van der Waals surface area contributed by atoms with Crippen LogP contribution in [0.1, 0.15) is 19.0 Å². The molecule has 0 aliphatic heterocycles. The van der Waals surface area contributed by atoms with Crippen LogP contribution < -0.4 is 10.1 Å². The van der Waals surface area contributed by atoms with Crippen LogP contribution in [0.25, 0.3) is 0 Å². The molecule has 1 heterocycles. The van der Waals surface area contributed by atoms with Gasteiger partial charge >= 0.3 is 0 Å². The normalized spacial score (nSPS) is 12.2. The van der Waals surface area contributed by atoms with E-state index in [4.69, 9.17) is 4.74 Å². The van der Waals surface area contributed by atoms with E-state index in [0.29, 0.717) is 0 Å². The smallest absolute Gasteiger partial charge is 0.193 e. The molecule has 0 spiro atoms. The molecule has 0 fully saturated rings. The lowest BCUT2D eigenvalue weighted by molar-refractivity contribution is 0.198. The minimum absolute atomic E-state index is 0. The van der Waals surface area contributed by atoms with Gasteiger partial charge < -0.3 is 19.5 Å². The van der Waals surface area contributed by atoms with Gasteiger partial charge in [0.2, 0.25) is 0 Å². The van der Waals surface area contributed by atoms with E-state index in [1.54, 1.807) is 0 Å². The molecule has 25 heavy (non-hydrogen) atoms. The van der Waals surface area contributed by atoms with E-state index in [0.717, 1.165) is 31.2 Å². The molecule has 0 bridgehead atoms. The number of aryl methyl sites for hydroxylation is 1. The van der Waals surface area contributed by atoms with Crippen molar-refractivity contribution in [2.24, 2.45) is 12.0 Å². The van der Waals surface area contributed by atoms with Crippen LogP contribution in [-0.2, 0) is 13.6 Å². The second-order valence-corrected chi connectivity index (χ2v) is 5.86. The van der Waals surface area contributed by atoms with Crippen LogP contribution in [0.4, 0.5) is 0 Å². The van der Waals surface area contributed by atoms with E-state index < -0.39 is 0 Å². The monoisotopic (exact) mass is 456 g/mol. The number of hydrogen-bond acceptors (Lipinski definition) is 2. The molecule has 2 aromatic rings. The Balaban J connectivity index is 0.00000312. The zero-order valence-electron chi connectivity index (χ0n) is 15.5. The predicted octanol–water partition coefficient (Wildman–Crippen LogP) is 3.51. The third kappa shape index (κ3) is 6.61. The number of nitrogens with one attached hydrogen (secondary N) is 1. The summed E-state index contributed by atoms with van der Waals surface area (Å²) in [7, 11) is 5.91. The number of guanidine groups is 1. The molecule has 0 aliphatic carbocycles. The van der Waals surface area contributed by atoms with Crippen LogP contribution in [0.15, 0.2) is 53.7 Å². The molecule has 0 saturated carbocycles. The van der Waals surface area contributed by atoms with Crippen LogP contribution in [0.3, 0.4) is 0 Å². The predicted molar refractivity (Wildman–Crippen MR) is 115 cm³/mol. The molecule has 1 aromatic carbocycles. The molecule has 138 valence electrons. The summed E-state index contributed by atoms with van der Waals surface area (Å²) in [5, 5.41) is 3.41. The van der Waals surface area contributed by atoms with E-state index in [2.05, 4.69) is 52.1 Å². The number of nitrogens with zero attached hydrogens (tertiary/aromatic N) is 3. The number of hydrogen-bond donors (Lipinski definition) is 1. The Morgan fingerprint density at radius 2 is 1.96 bits per heavy atom. The molecular formula is C19H29IN4O. The van der Waals surface area contributed by atoms with Crippen molar-refractivity contribution in [1.29, 1.82) is 0 Å². The molecule has 1 unspecified atom stereocenters. The fourth-order valence-electron chi connectivity index (χ4n) is 2.53. The topological polar surface area (TPSA) is 41.8 Å². The highest BCUT2D eigenvalue weighted by Gasteiger charge is 2.12. The minimum atomic E-state index is 0. The van der Waals surface area contributed by atoms with Crippen molar-refractivity contribution < 1.29 is 4.74 Å². The van der Waals surface area contributed by atoms with Crippen molar-refractivity contribution in [3.63, 3.8) is 0 Å². The van der Waals surface area contributed by atoms with Crippen LogP contribution in [-0.4, -0.2) is 42.2 Å². The van der Waals surface area contributed by atoms with Gasteiger partial charge in [0.05, 0.1) is 13.1 Å². The first-order chi connectivity index (χ1) is 11.6. The van der Waals surface area contributed by atoms with Gasteiger partial charge in [-0.25, -0.2) is 0 Å². The maximum absolute atomic E-state index is 6.02. The zero-order valence-corrected chi connectivity index (χ0v) is 17.8. The van der Waals surface area contributed by atoms with Gasteiger partial charge in [-0.1, -0.05) is 25.1 Å². The molecule has 1 N–H and O–H groups in total. The first kappa shape index (κ1) is 21.3. The highest BCUT2D eigenvalue weighted by molar-refractivity contribution is 14.0. The first-order valence-electron chi connectivity index (χ1n) is 8.37. The van der Waals surface area contributed by atoms with Crippen molar-refractivity contribution >= 4 is 29.9 Å². The molecule has 0 saturated heterocycles. The summed E-state index contributed by atoms with van der Waals surface area (Å²) in [6.07, 6.45) is 3.09. The molecule has 2 rings (SSSR count). The zero-order chi connectivity index (χ0) is 17.4. The highest BCUT2D eigenvalue weighted by atomic mass is 127. The summed E-state index contributed by atoms with van der Waals surface area (Å²) in [5.74, 6) is 1.77. The lowest BCUT2D eigenvalue weighted by atomic mass is 10.2. The molecular weight excluding hydrogens is 427 g/mol. The summed E-state index contributed by atoms with van der Waals surface area (Å²) in [5.41, 5.74) is 1.24. The van der Waals surface area contributed by atoms with Crippen LogP contribution in [0.2, 0.25) is 0 Å². The average Bonchev–Trinajstić information content (AvgIpc) is 3.00. The molecule has 0 amide bonds. The van der Waals surface area contributed by atoms with Gasteiger partial charge in [0.1, 0.15) is 11.9 Å². The van der Waals surface area contributed by atoms with Crippen molar-refractivity contribution in [3.05, 3.63) is 54.4 Å². The largest absolute Gasteiger partial charge is 0.489 e. The van der Waals surface area contributed by atoms with Crippen molar-refractivity contribution in [2.45, 2.75) is 26.0 Å². The molecule has 1 atom stereocenters. The summed E-state index contributed by atoms with van der Waals surface area (Å²) >= 11 is 0. The van der Waals surface area contributed by atoms with E-state index >= 15 is 0 Å². The quantitative estimate of drug-likeness (QED) is 0.394. The summed E-state index contributed by atoms with van der Waals surface area (Å²) in [6, 6.07) is 14.1. The molecule has 5 nitrogen and oxygen atoms in total. The Morgan fingerprint density at radius 1 is 1.24 bits per heavy atom. The maximum Gasteiger partial charge on any atom is 0.193 e. The Hall–Kier alpha value is -1.70. The summed E-state index contributed by atoms with van der Waals surface area (Å²) in [6.45, 7) is 3.65. The fraction of sp³-hybridized carbons (Fsp3) is 0.421. The number of halogens is 1. The first-order valence-corrected chi connectivity index (χ1v) is 8.37. The lowest BCUT2D eigenvalue weighted by Crippen LogP contribution is -2.43. The van der Waals surface area contributed by atoms with Crippen molar-refractivity contribution in [3.8, 4) is 5.75 Å². The number of aromatic nitrogens is 1. The summed E-state index contributed by atoms with van der Waals surface area (Å²) in [4.78, 5) is 6.49. The standard InChI is InChI=1S/C19H28N4O.HI/c1-5-17(24-18-11-7-6-8-12-18)14-21-19(20-2)23(4)15-16-10-9-13-22(16)3;/h6-13,17H,5,14-15H2,1-4H3,(H,20,21);1H. The fourth-order valence-corrected chi connectivity index (χ4v) is 2.53. The number of ether oxygens (including phenoxy) is 1. The van der Waals surface area contributed by atoms with Gasteiger partial charge in [0, 0.05) is 33.0 Å². The summed E-state index contributed by atoms with van der Waals surface area (Å²) < 4.78 is 8.15. The Bertz CT molecular complexity index is 642. The SMILES string of the molecule is CCC(CNC(=NC)N(C)Cc1cccn1C)Oc1ccccc1.I. The van der Waals surface area contributed by atoms with Gasteiger partial charge in [0.25, 0.3) is 0 Å². The van der Waals surface area contributed by atoms with Gasteiger partial charge in [-0.2, -0.15) is 0 Å². The highest BCUT2D eigenvalue weighted by Crippen LogP contribution is 2.12. The Labute approximate surface area is 168 Å². The van der Waals surface area contributed by atoms with Gasteiger partial charge in [-0.05, 0) is 30.7 Å². The molecule has 0 aliphatic rings. The van der Waals surface area contributed by atoms with Crippen molar-refractivity contribution in [1.82, 2.24) is 14.8 Å². The number of para-hydroxylation sites is 1. The van der Waals surface area contributed by atoms with E-state index in [1.807, 2.05) is 44.4 Å². The van der Waals surface area contributed by atoms with Gasteiger partial charge in [-0.3, -0.25) is 4.99 Å². The van der Waals surface area contributed by atoms with E-state index in [-0.39, 0.29) is 30.1 Å². The third-order valence-electron chi connectivity index (χ3n) is 4.01. The number of benzene rings is 1. The lowest BCUT2D eigenvalue weighted by Gasteiger charge is -2.25. The van der Waals surface area contributed by atoms with Crippen LogP contribution >= 0.6 is 24.0 Å². The Kier molecular flexibility index (Phi) is 9.41. The van der Waals surface area contributed by atoms with Crippen molar-refractivity contribution in [2.75, 3.05) is 20.6 Å². The molecule has 1 aromatic heterocycles. The second kappa shape index (κ2) is 11.0. The third-order valence-corrected chi connectivity index (χ3v) is 4.01. The average molecular weight is 456 g/mol. The van der Waals surface area contributed by atoms with E-state index in [1.165, 1.54) is 5.69 Å². The van der Waals surface area contributed by atoms with Crippen LogP contribution in [0.5, 0.6) is 5.75 Å².